The average molecular weight is 234 g/mol. The summed E-state index contributed by atoms with van der Waals surface area (Å²) < 4.78 is 0. The molecular weight excluding hydrogens is 220 g/mol. The van der Waals surface area contributed by atoms with Crippen molar-refractivity contribution in [2.45, 2.75) is 18.9 Å². The Balaban J connectivity index is 2.12. The number of hydrogen-bond acceptors (Lipinski definition) is 5. The van der Waals surface area contributed by atoms with Crippen LogP contribution < -0.4 is 11.1 Å². The lowest BCUT2D eigenvalue weighted by atomic mass is 10.0. The number of imide groups is 1. The smallest absolute Gasteiger partial charge is 0.251 e. The zero-order valence-corrected chi connectivity index (χ0v) is 9.51. The molecule has 2 heterocycles. The molecule has 1 unspecified atom stereocenters. The number of anilines is 2. The van der Waals surface area contributed by atoms with Crippen molar-refractivity contribution < 1.29 is 9.59 Å². The number of nitrogens with two attached hydrogens (primary N) is 1. The van der Waals surface area contributed by atoms with Crippen molar-refractivity contribution in [3.63, 3.8) is 0 Å². The molecule has 0 saturated carbocycles. The number of hydrogen-bond donors (Lipinski definition) is 2. The molecule has 6 heteroatoms. The van der Waals surface area contributed by atoms with Crippen LogP contribution in [0.15, 0.2) is 18.3 Å². The number of rotatable bonds is 2. The summed E-state index contributed by atoms with van der Waals surface area (Å²) in [5.41, 5.74) is 6.21. The van der Waals surface area contributed by atoms with Gasteiger partial charge in [-0.05, 0) is 18.6 Å². The molecule has 17 heavy (non-hydrogen) atoms. The number of likely N-dealkylation sites (tertiary alicyclic amines) is 1. The van der Waals surface area contributed by atoms with Crippen molar-refractivity contribution in [2.24, 2.45) is 0 Å². The third-order valence-corrected chi connectivity index (χ3v) is 2.80. The van der Waals surface area contributed by atoms with Gasteiger partial charge in [0, 0.05) is 19.7 Å². The Kier molecular flexibility index (Phi) is 2.95. The van der Waals surface area contributed by atoms with Gasteiger partial charge in [-0.2, -0.15) is 0 Å². The van der Waals surface area contributed by atoms with Crippen molar-refractivity contribution >= 4 is 23.3 Å². The number of nitrogens with zero attached hydrogens (tertiary/aromatic N) is 2. The number of amides is 2. The molecular formula is C11H14N4O2. The van der Waals surface area contributed by atoms with E-state index in [1.807, 2.05) is 0 Å². The van der Waals surface area contributed by atoms with Crippen LogP contribution in [0.5, 0.6) is 0 Å². The quantitative estimate of drug-likeness (QED) is 0.715. The second-order valence-corrected chi connectivity index (χ2v) is 3.97. The fraction of sp³-hybridized carbons (Fsp3) is 0.364. The van der Waals surface area contributed by atoms with Crippen LogP contribution in [0.4, 0.5) is 11.5 Å². The van der Waals surface area contributed by atoms with Crippen LogP contribution in [-0.2, 0) is 9.59 Å². The SMILES string of the molecule is CN1C(=O)CCC(Nc2ncccc2N)C1=O. The molecule has 0 radical (unpaired) electrons. The van der Waals surface area contributed by atoms with Crippen molar-refractivity contribution in [3.05, 3.63) is 18.3 Å². The summed E-state index contributed by atoms with van der Waals surface area (Å²) in [4.78, 5) is 28.3. The second-order valence-electron chi connectivity index (χ2n) is 3.97. The summed E-state index contributed by atoms with van der Waals surface area (Å²) in [6.07, 6.45) is 2.42. The Labute approximate surface area is 98.8 Å². The number of pyridine rings is 1. The van der Waals surface area contributed by atoms with Crippen molar-refractivity contribution in [1.82, 2.24) is 9.88 Å². The first-order valence-electron chi connectivity index (χ1n) is 5.37. The Morgan fingerprint density at radius 2 is 2.29 bits per heavy atom. The molecule has 1 aliphatic heterocycles. The van der Waals surface area contributed by atoms with Gasteiger partial charge in [0.2, 0.25) is 5.91 Å². The highest BCUT2D eigenvalue weighted by Crippen LogP contribution is 2.19. The van der Waals surface area contributed by atoms with Crippen LogP contribution in [0, 0.1) is 0 Å². The number of likely N-dealkylation sites (N-methyl/N-ethyl adjacent to an activating group) is 1. The lowest BCUT2D eigenvalue weighted by molar-refractivity contribution is -0.146. The molecule has 2 amide bonds. The monoisotopic (exact) mass is 234 g/mol. The molecule has 0 spiro atoms. The van der Waals surface area contributed by atoms with Gasteiger partial charge in [0.25, 0.3) is 5.91 Å². The Morgan fingerprint density at radius 3 is 3.00 bits per heavy atom. The topological polar surface area (TPSA) is 88.3 Å². The molecule has 90 valence electrons. The number of aromatic nitrogens is 1. The van der Waals surface area contributed by atoms with Crippen molar-refractivity contribution in [3.8, 4) is 0 Å². The molecule has 3 N–H and O–H groups in total. The van der Waals surface area contributed by atoms with E-state index < -0.39 is 6.04 Å². The minimum Gasteiger partial charge on any atom is -0.396 e. The first-order chi connectivity index (χ1) is 8.09. The maximum absolute atomic E-state index is 11.8. The first-order valence-corrected chi connectivity index (χ1v) is 5.37. The number of piperidine rings is 1. The maximum Gasteiger partial charge on any atom is 0.251 e. The van der Waals surface area contributed by atoms with E-state index in [1.165, 1.54) is 7.05 Å². The molecule has 1 saturated heterocycles. The van der Waals surface area contributed by atoms with E-state index >= 15 is 0 Å². The Morgan fingerprint density at radius 1 is 1.53 bits per heavy atom. The van der Waals surface area contributed by atoms with E-state index in [0.29, 0.717) is 24.3 Å². The van der Waals surface area contributed by atoms with Gasteiger partial charge in [-0.1, -0.05) is 0 Å². The van der Waals surface area contributed by atoms with Crippen molar-refractivity contribution in [1.29, 1.82) is 0 Å². The average Bonchev–Trinajstić information content (AvgIpc) is 2.32. The largest absolute Gasteiger partial charge is 0.396 e. The van der Waals surface area contributed by atoms with E-state index in [-0.39, 0.29) is 11.8 Å². The molecule has 2 rings (SSSR count). The molecule has 1 aromatic heterocycles. The summed E-state index contributed by atoms with van der Waals surface area (Å²) in [7, 11) is 1.49. The van der Waals surface area contributed by atoms with Crippen LogP contribution in [0.1, 0.15) is 12.8 Å². The van der Waals surface area contributed by atoms with Gasteiger partial charge < -0.3 is 11.1 Å². The van der Waals surface area contributed by atoms with Gasteiger partial charge >= 0.3 is 0 Å². The van der Waals surface area contributed by atoms with Gasteiger partial charge in [0.1, 0.15) is 11.9 Å². The Hall–Kier alpha value is -2.11. The zero-order chi connectivity index (χ0) is 12.4. The van der Waals surface area contributed by atoms with Crippen LogP contribution in [0.2, 0.25) is 0 Å². The van der Waals surface area contributed by atoms with Crippen LogP contribution >= 0.6 is 0 Å². The third-order valence-electron chi connectivity index (χ3n) is 2.80. The Bertz CT molecular complexity index is 461. The van der Waals surface area contributed by atoms with Crippen LogP contribution in [-0.4, -0.2) is 34.8 Å². The minimum atomic E-state index is -0.435. The molecule has 0 aromatic carbocycles. The van der Waals surface area contributed by atoms with Gasteiger partial charge in [-0.3, -0.25) is 14.5 Å². The van der Waals surface area contributed by atoms with E-state index in [4.69, 9.17) is 5.73 Å². The van der Waals surface area contributed by atoms with Gasteiger partial charge in [-0.15, -0.1) is 0 Å². The summed E-state index contributed by atoms with van der Waals surface area (Å²) in [5.74, 6) is 0.0851. The predicted molar refractivity (Wildman–Crippen MR) is 63.1 cm³/mol. The fourth-order valence-corrected chi connectivity index (χ4v) is 1.75. The number of nitrogen functional groups attached to an aromatic ring is 1. The third kappa shape index (κ3) is 2.20. The summed E-state index contributed by atoms with van der Waals surface area (Å²) in [5, 5.41) is 2.97. The summed E-state index contributed by atoms with van der Waals surface area (Å²) >= 11 is 0. The molecule has 0 aliphatic carbocycles. The van der Waals surface area contributed by atoms with E-state index in [1.54, 1.807) is 18.3 Å². The first kappa shape index (κ1) is 11.4. The molecule has 1 aromatic rings. The fourth-order valence-electron chi connectivity index (χ4n) is 1.75. The van der Waals surface area contributed by atoms with Crippen LogP contribution in [0.25, 0.3) is 0 Å². The highest BCUT2D eigenvalue weighted by atomic mass is 16.2. The lowest BCUT2D eigenvalue weighted by Crippen LogP contribution is -2.48. The highest BCUT2D eigenvalue weighted by Gasteiger charge is 2.31. The van der Waals surface area contributed by atoms with Gasteiger partial charge in [0.05, 0.1) is 5.69 Å². The molecule has 0 bridgehead atoms. The molecule has 1 aliphatic rings. The maximum atomic E-state index is 11.8. The number of carbonyl (C=O) groups is 2. The molecule has 1 atom stereocenters. The molecule has 6 nitrogen and oxygen atoms in total. The predicted octanol–water partition coefficient (Wildman–Crippen LogP) is 0.223. The minimum absolute atomic E-state index is 0.151. The lowest BCUT2D eigenvalue weighted by Gasteiger charge is -2.28. The standard InChI is InChI=1S/C11H14N4O2/c1-15-9(16)5-4-8(11(15)17)14-10-7(12)3-2-6-13-10/h2-3,6,8H,4-5,12H2,1H3,(H,13,14). The zero-order valence-electron chi connectivity index (χ0n) is 9.51. The summed E-state index contributed by atoms with van der Waals surface area (Å²) in [6.45, 7) is 0. The van der Waals surface area contributed by atoms with Crippen molar-refractivity contribution in [2.75, 3.05) is 18.1 Å². The van der Waals surface area contributed by atoms with E-state index in [0.717, 1.165) is 4.90 Å². The number of carbonyl (C=O) groups excluding carboxylic acids is 2. The van der Waals surface area contributed by atoms with Crippen LogP contribution in [0.3, 0.4) is 0 Å². The van der Waals surface area contributed by atoms with Gasteiger partial charge in [0.15, 0.2) is 0 Å². The van der Waals surface area contributed by atoms with E-state index in [9.17, 15) is 9.59 Å². The summed E-state index contributed by atoms with van der Waals surface area (Å²) in [6, 6.07) is 2.99. The molecule has 1 fully saturated rings. The number of nitrogens with one attached hydrogen (secondary N) is 1. The highest BCUT2D eigenvalue weighted by molar-refractivity contribution is 6.01. The second kappa shape index (κ2) is 4.40. The van der Waals surface area contributed by atoms with Gasteiger partial charge in [-0.25, -0.2) is 4.98 Å². The normalized spacial score (nSPS) is 20.5. The van der Waals surface area contributed by atoms with E-state index in [2.05, 4.69) is 10.3 Å².